The fourth-order valence-electron chi connectivity index (χ4n) is 1.68. The summed E-state index contributed by atoms with van der Waals surface area (Å²) in [6.07, 6.45) is -1.86. The predicted molar refractivity (Wildman–Crippen MR) is 62.3 cm³/mol. The van der Waals surface area contributed by atoms with Crippen LogP contribution in [0.3, 0.4) is 0 Å². The Kier molecular flexibility index (Phi) is 3.49. The first-order chi connectivity index (χ1) is 8.86. The second-order valence-electron chi connectivity index (χ2n) is 4.82. The Morgan fingerprint density at radius 2 is 2.11 bits per heavy atom. The zero-order valence-electron chi connectivity index (χ0n) is 10.1. The van der Waals surface area contributed by atoms with Gasteiger partial charge in [-0.15, -0.1) is 0 Å². The van der Waals surface area contributed by atoms with Crippen molar-refractivity contribution in [2.75, 3.05) is 13.1 Å². The first-order valence-electron chi connectivity index (χ1n) is 5.88. The molecule has 0 spiro atoms. The van der Waals surface area contributed by atoms with Gasteiger partial charge in [0, 0.05) is 18.2 Å². The van der Waals surface area contributed by atoms with E-state index >= 15 is 0 Å². The maximum atomic E-state index is 12.3. The predicted octanol–water partition coefficient (Wildman–Crippen LogP) is 1.57. The van der Waals surface area contributed by atoms with Crippen LogP contribution in [-0.4, -0.2) is 24.0 Å². The summed E-state index contributed by atoms with van der Waals surface area (Å²) in [5.74, 6) is -0.478. The number of rotatable bonds is 4. The zero-order chi connectivity index (χ0) is 14.1. The monoisotopic (exact) mass is 273 g/mol. The number of nitrogens with two attached hydrogens (primary N) is 1. The van der Waals surface area contributed by atoms with Crippen LogP contribution in [0.15, 0.2) is 18.3 Å². The third kappa shape index (κ3) is 3.23. The molecule has 0 radical (unpaired) electrons. The average Bonchev–Trinajstić information content (AvgIpc) is 3.16. The molecule has 0 atom stereocenters. The van der Waals surface area contributed by atoms with E-state index in [4.69, 9.17) is 5.73 Å². The van der Waals surface area contributed by atoms with Gasteiger partial charge in [-0.3, -0.25) is 9.78 Å². The van der Waals surface area contributed by atoms with Crippen LogP contribution < -0.4 is 11.1 Å². The van der Waals surface area contributed by atoms with Crippen molar-refractivity contribution in [2.45, 2.75) is 19.0 Å². The molecule has 7 heteroatoms. The molecule has 0 unspecified atom stereocenters. The van der Waals surface area contributed by atoms with E-state index in [1.165, 1.54) is 0 Å². The molecule has 2 rings (SSSR count). The van der Waals surface area contributed by atoms with Gasteiger partial charge in [0.2, 0.25) is 0 Å². The number of alkyl halides is 3. The lowest BCUT2D eigenvalue weighted by Gasteiger charge is -2.13. The molecular weight excluding hydrogens is 259 g/mol. The summed E-state index contributed by atoms with van der Waals surface area (Å²) < 4.78 is 37.0. The van der Waals surface area contributed by atoms with Crippen LogP contribution in [0.5, 0.6) is 0 Å². The van der Waals surface area contributed by atoms with Gasteiger partial charge in [0.1, 0.15) is 5.69 Å². The molecular formula is C12H14F3N3O. The van der Waals surface area contributed by atoms with Crippen LogP contribution >= 0.6 is 0 Å². The van der Waals surface area contributed by atoms with Gasteiger partial charge >= 0.3 is 6.18 Å². The van der Waals surface area contributed by atoms with Gasteiger partial charge in [-0.1, -0.05) is 0 Å². The number of carbonyl (C=O) groups is 1. The number of carbonyl (C=O) groups excluding carboxylic acids is 1. The fraction of sp³-hybridized carbons (Fsp3) is 0.500. The Labute approximate surface area is 108 Å². The summed E-state index contributed by atoms with van der Waals surface area (Å²) >= 11 is 0. The van der Waals surface area contributed by atoms with Gasteiger partial charge in [0.15, 0.2) is 0 Å². The number of hydrogen-bond donors (Lipinski definition) is 2. The van der Waals surface area contributed by atoms with E-state index in [1.54, 1.807) is 0 Å². The number of halogens is 3. The standard InChI is InChI=1S/C12H14F3N3O/c13-12(14,15)8-1-2-9(17-5-8)10(19)18-7-11(6-16)3-4-11/h1-2,5H,3-4,6-7,16H2,(H,18,19). The summed E-state index contributed by atoms with van der Waals surface area (Å²) in [7, 11) is 0. The Hall–Kier alpha value is -1.63. The Morgan fingerprint density at radius 3 is 2.53 bits per heavy atom. The van der Waals surface area contributed by atoms with E-state index in [0.29, 0.717) is 19.3 Å². The first kappa shape index (κ1) is 13.8. The number of nitrogens with zero attached hydrogens (tertiary/aromatic N) is 1. The largest absolute Gasteiger partial charge is 0.417 e. The highest BCUT2D eigenvalue weighted by Crippen LogP contribution is 2.43. The minimum absolute atomic E-state index is 0.0262. The quantitative estimate of drug-likeness (QED) is 0.875. The third-order valence-electron chi connectivity index (χ3n) is 3.34. The van der Waals surface area contributed by atoms with Crippen LogP contribution in [0.25, 0.3) is 0 Å². The highest BCUT2D eigenvalue weighted by atomic mass is 19.4. The zero-order valence-corrected chi connectivity index (χ0v) is 10.1. The van der Waals surface area contributed by atoms with Crippen molar-refractivity contribution in [3.8, 4) is 0 Å². The molecule has 1 saturated carbocycles. The van der Waals surface area contributed by atoms with Crippen molar-refractivity contribution in [2.24, 2.45) is 11.1 Å². The molecule has 3 N–H and O–H groups in total. The summed E-state index contributed by atoms with van der Waals surface area (Å²) in [5, 5.41) is 2.65. The number of hydrogen-bond acceptors (Lipinski definition) is 3. The second-order valence-corrected chi connectivity index (χ2v) is 4.82. The summed E-state index contributed by atoms with van der Waals surface area (Å²) in [6.45, 7) is 0.929. The van der Waals surface area contributed by atoms with E-state index in [9.17, 15) is 18.0 Å². The normalized spacial score (nSPS) is 17.1. The lowest BCUT2D eigenvalue weighted by atomic mass is 10.1. The van der Waals surface area contributed by atoms with Crippen molar-refractivity contribution in [1.82, 2.24) is 10.3 Å². The molecule has 0 bridgehead atoms. The van der Waals surface area contributed by atoms with E-state index in [2.05, 4.69) is 10.3 Å². The fourth-order valence-corrected chi connectivity index (χ4v) is 1.68. The van der Waals surface area contributed by atoms with Crippen molar-refractivity contribution in [3.63, 3.8) is 0 Å². The van der Waals surface area contributed by atoms with Gasteiger partial charge in [-0.2, -0.15) is 13.2 Å². The summed E-state index contributed by atoms with van der Waals surface area (Å²) in [6, 6.07) is 1.91. The van der Waals surface area contributed by atoms with E-state index < -0.39 is 17.6 Å². The maximum Gasteiger partial charge on any atom is 0.417 e. The molecule has 1 aromatic rings. The molecule has 1 aliphatic carbocycles. The van der Waals surface area contributed by atoms with Crippen molar-refractivity contribution in [1.29, 1.82) is 0 Å². The number of pyridine rings is 1. The van der Waals surface area contributed by atoms with E-state index in [-0.39, 0.29) is 11.1 Å². The van der Waals surface area contributed by atoms with Crippen LogP contribution in [0.2, 0.25) is 0 Å². The lowest BCUT2D eigenvalue weighted by Crippen LogP contribution is -2.34. The molecule has 1 amide bonds. The molecule has 4 nitrogen and oxygen atoms in total. The molecule has 1 aromatic heterocycles. The molecule has 0 aliphatic heterocycles. The van der Waals surface area contributed by atoms with Crippen LogP contribution in [-0.2, 0) is 6.18 Å². The smallest absolute Gasteiger partial charge is 0.350 e. The SMILES string of the molecule is NCC1(CNC(=O)c2ccc(C(F)(F)F)cn2)CC1. The highest BCUT2D eigenvalue weighted by Gasteiger charge is 2.41. The van der Waals surface area contributed by atoms with E-state index in [0.717, 1.165) is 25.0 Å². The van der Waals surface area contributed by atoms with Crippen LogP contribution in [0.1, 0.15) is 28.9 Å². The number of nitrogens with one attached hydrogen (secondary N) is 1. The summed E-state index contributed by atoms with van der Waals surface area (Å²) in [4.78, 5) is 15.2. The molecule has 1 heterocycles. The van der Waals surface area contributed by atoms with Gasteiger partial charge in [-0.05, 0) is 31.5 Å². The van der Waals surface area contributed by atoms with Gasteiger partial charge in [0.25, 0.3) is 5.91 Å². The number of aromatic nitrogens is 1. The molecule has 1 fully saturated rings. The van der Waals surface area contributed by atoms with E-state index in [1.807, 2.05) is 0 Å². The molecule has 0 saturated heterocycles. The van der Waals surface area contributed by atoms with Gasteiger partial charge < -0.3 is 11.1 Å². The average molecular weight is 273 g/mol. The molecule has 0 aromatic carbocycles. The minimum Gasteiger partial charge on any atom is -0.350 e. The van der Waals surface area contributed by atoms with Gasteiger partial charge in [0.05, 0.1) is 5.56 Å². The topological polar surface area (TPSA) is 68.0 Å². The highest BCUT2D eigenvalue weighted by molar-refractivity contribution is 5.92. The van der Waals surface area contributed by atoms with Crippen molar-refractivity contribution in [3.05, 3.63) is 29.6 Å². The Morgan fingerprint density at radius 1 is 1.42 bits per heavy atom. The maximum absolute atomic E-state index is 12.3. The first-order valence-corrected chi connectivity index (χ1v) is 5.88. The second kappa shape index (κ2) is 4.80. The van der Waals surface area contributed by atoms with Crippen LogP contribution in [0.4, 0.5) is 13.2 Å². The molecule has 19 heavy (non-hydrogen) atoms. The Balaban J connectivity index is 1.96. The minimum atomic E-state index is -4.44. The third-order valence-corrected chi connectivity index (χ3v) is 3.34. The number of amides is 1. The van der Waals surface area contributed by atoms with Crippen LogP contribution in [0, 0.1) is 5.41 Å². The molecule has 104 valence electrons. The summed E-state index contributed by atoms with van der Waals surface area (Å²) in [5.41, 5.74) is 4.65. The Bertz CT molecular complexity index is 466. The molecule has 1 aliphatic rings. The van der Waals surface area contributed by atoms with Crippen molar-refractivity contribution < 1.29 is 18.0 Å². The van der Waals surface area contributed by atoms with Crippen molar-refractivity contribution >= 4 is 5.91 Å². The van der Waals surface area contributed by atoms with Gasteiger partial charge in [-0.25, -0.2) is 0 Å². The lowest BCUT2D eigenvalue weighted by molar-refractivity contribution is -0.137.